The van der Waals surface area contributed by atoms with Gasteiger partial charge < -0.3 is 19.5 Å². The van der Waals surface area contributed by atoms with Crippen molar-refractivity contribution >= 4 is 17.8 Å². The fourth-order valence-corrected chi connectivity index (χ4v) is 4.00. The Hall–Kier alpha value is -2.61. The van der Waals surface area contributed by atoms with Gasteiger partial charge in [0.05, 0.1) is 6.04 Å². The van der Waals surface area contributed by atoms with Gasteiger partial charge in [-0.15, -0.1) is 0 Å². The zero-order valence-electron chi connectivity index (χ0n) is 22.7. The van der Waals surface area contributed by atoms with E-state index >= 15 is 0 Å². The Bertz CT molecular complexity index is 805. The fourth-order valence-electron chi connectivity index (χ4n) is 4.00. The standard InChI is InChI=1S/C27H44N2O6/c1-11-13-20-15-22(24(31)34-26(5,6)7)29(17-20)23(25(32)35-27(8,9)10)16-21(28-19(4)30)18(3)33-14-12-2/h11-13,20-23H,2-3,14-17H2,1,4-10H3,(H,28,30)/t20?,21?,22?,23-/m0/s1. The molecule has 0 bridgehead atoms. The minimum absolute atomic E-state index is 0.0573. The summed E-state index contributed by atoms with van der Waals surface area (Å²) in [4.78, 5) is 40.5. The van der Waals surface area contributed by atoms with Gasteiger partial charge >= 0.3 is 11.9 Å². The number of esters is 2. The molecule has 1 fully saturated rings. The van der Waals surface area contributed by atoms with Gasteiger partial charge in [0.15, 0.2) is 0 Å². The molecule has 0 radical (unpaired) electrons. The van der Waals surface area contributed by atoms with Crippen molar-refractivity contribution in [2.45, 2.75) is 97.6 Å². The highest BCUT2D eigenvalue weighted by molar-refractivity contribution is 5.81. The number of carbonyl (C=O) groups excluding carboxylic acids is 3. The zero-order valence-corrected chi connectivity index (χ0v) is 22.7. The van der Waals surface area contributed by atoms with Gasteiger partial charge in [-0.2, -0.15) is 0 Å². The lowest BCUT2D eigenvalue weighted by molar-refractivity contribution is -0.168. The summed E-state index contributed by atoms with van der Waals surface area (Å²) in [5.41, 5.74) is -1.41. The fraction of sp³-hybridized carbons (Fsp3) is 0.667. The van der Waals surface area contributed by atoms with Crippen molar-refractivity contribution in [2.24, 2.45) is 5.92 Å². The molecular formula is C27H44N2O6. The number of carbonyl (C=O) groups is 3. The SMILES string of the molecule is C=CCOC(=C)C(C[C@@H](C(=O)OC(C)(C)C)N1CC(C=CC)CC1C(=O)OC(C)(C)C)NC(C)=O. The minimum Gasteiger partial charge on any atom is -0.492 e. The summed E-state index contributed by atoms with van der Waals surface area (Å²) >= 11 is 0. The second kappa shape index (κ2) is 12.9. The van der Waals surface area contributed by atoms with Crippen molar-refractivity contribution in [2.75, 3.05) is 13.2 Å². The van der Waals surface area contributed by atoms with Crippen LogP contribution in [0.2, 0.25) is 0 Å². The highest BCUT2D eigenvalue weighted by Crippen LogP contribution is 2.31. The molecule has 0 aromatic carbocycles. The second-order valence-electron chi connectivity index (χ2n) is 10.9. The Labute approximate surface area is 210 Å². The van der Waals surface area contributed by atoms with E-state index in [1.807, 2.05) is 44.7 Å². The van der Waals surface area contributed by atoms with Crippen LogP contribution in [0.15, 0.2) is 37.1 Å². The number of likely N-dealkylation sites (tertiary alicyclic amines) is 1. The summed E-state index contributed by atoms with van der Waals surface area (Å²) in [5, 5.41) is 2.82. The topological polar surface area (TPSA) is 94.2 Å². The lowest BCUT2D eigenvalue weighted by Gasteiger charge is -2.35. The van der Waals surface area contributed by atoms with E-state index in [0.29, 0.717) is 18.7 Å². The Morgan fingerprint density at radius 2 is 1.71 bits per heavy atom. The van der Waals surface area contributed by atoms with Crippen LogP contribution in [-0.4, -0.2) is 65.2 Å². The Morgan fingerprint density at radius 3 is 2.20 bits per heavy atom. The third-order valence-corrected chi connectivity index (χ3v) is 5.21. The molecule has 4 atom stereocenters. The van der Waals surface area contributed by atoms with Gasteiger partial charge in [0.25, 0.3) is 0 Å². The Morgan fingerprint density at radius 1 is 1.11 bits per heavy atom. The van der Waals surface area contributed by atoms with E-state index in [4.69, 9.17) is 14.2 Å². The van der Waals surface area contributed by atoms with E-state index < -0.39 is 41.3 Å². The molecule has 8 heteroatoms. The lowest BCUT2D eigenvalue weighted by Crippen LogP contribution is -2.53. The van der Waals surface area contributed by atoms with E-state index in [1.165, 1.54) is 6.92 Å². The van der Waals surface area contributed by atoms with Crippen molar-refractivity contribution in [3.05, 3.63) is 37.1 Å². The molecule has 0 aliphatic carbocycles. The predicted molar refractivity (Wildman–Crippen MR) is 136 cm³/mol. The number of hydrogen-bond acceptors (Lipinski definition) is 7. The van der Waals surface area contributed by atoms with Crippen LogP contribution in [0.3, 0.4) is 0 Å². The van der Waals surface area contributed by atoms with Gasteiger partial charge in [0, 0.05) is 19.9 Å². The first-order chi connectivity index (χ1) is 16.1. The molecule has 1 heterocycles. The molecule has 1 saturated heterocycles. The van der Waals surface area contributed by atoms with Crippen LogP contribution in [-0.2, 0) is 28.6 Å². The van der Waals surface area contributed by atoms with Crippen molar-refractivity contribution in [1.82, 2.24) is 10.2 Å². The van der Waals surface area contributed by atoms with E-state index in [2.05, 4.69) is 18.5 Å². The summed E-state index contributed by atoms with van der Waals surface area (Å²) in [6.07, 6.45) is 6.17. The third-order valence-electron chi connectivity index (χ3n) is 5.21. The summed E-state index contributed by atoms with van der Waals surface area (Å²) in [6.45, 7) is 22.4. The molecule has 1 amide bonds. The number of rotatable bonds is 11. The summed E-state index contributed by atoms with van der Waals surface area (Å²) in [6, 6.07) is -2.17. The lowest BCUT2D eigenvalue weighted by atomic mass is 10.0. The first kappa shape index (κ1) is 30.4. The van der Waals surface area contributed by atoms with Crippen molar-refractivity contribution in [1.29, 1.82) is 0 Å². The Kier molecular flexibility index (Phi) is 11.2. The molecule has 0 aromatic heterocycles. The molecule has 1 aliphatic rings. The van der Waals surface area contributed by atoms with Gasteiger partial charge in [-0.25, -0.2) is 0 Å². The third kappa shape index (κ3) is 10.7. The maximum absolute atomic E-state index is 13.5. The number of amides is 1. The van der Waals surface area contributed by atoms with E-state index in [0.717, 1.165) is 0 Å². The molecule has 0 spiro atoms. The number of ether oxygens (including phenoxy) is 3. The molecule has 1 rings (SSSR count). The van der Waals surface area contributed by atoms with Crippen LogP contribution < -0.4 is 5.32 Å². The molecular weight excluding hydrogens is 448 g/mol. The Balaban J connectivity index is 3.42. The summed E-state index contributed by atoms with van der Waals surface area (Å²) in [7, 11) is 0. The average molecular weight is 493 g/mol. The summed E-state index contributed by atoms with van der Waals surface area (Å²) < 4.78 is 17.1. The monoisotopic (exact) mass is 492 g/mol. The van der Waals surface area contributed by atoms with Gasteiger partial charge in [-0.1, -0.05) is 31.4 Å². The number of hydrogen-bond donors (Lipinski definition) is 1. The largest absolute Gasteiger partial charge is 0.492 e. The first-order valence-electron chi connectivity index (χ1n) is 12.1. The van der Waals surface area contributed by atoms with Crippen LogP contribution in [0.5, 0.6) is 0 Å². The van der Waals surface area contributed by atoms with Crippen LogP contribution >= 0.6 is 0 Å². The van der Waals surface area contributed by atoms with Crippen molar-refractivity contribution in [3.8, 4) is 0 Å². The van der Waals surface area contributed by atoms with Crippen LogP contribution in [0, 0.1) is 5.92 Å². The van der Waals surface area contributed by atoms with Crippen LogP contribution in [0.1, 0.15) is 68.2 Å². The zero-order chi connectivity index (χ0) is 27.0. The molecule has 3 unspecified atom stereocenters. The summed E-state index contributed by atoms with van der Waals surface area (Å²) in [5.74, 6) is -0.818. The molecule has 0 aromatic rings. The molecule has 35 heavy (non-hydrogen) atoms. The molecule has 8 nitrogen and oxygen atoms in total. The number of nitrogens with zero attached hydrogens (tertiary/aromatic N) is 1. The minimum atomic E-state index is -0.845. The van der Waals surface area contributed by atoms with Crippen molar-refractivity contribution < 1.29 is 28.6 Å². The number of allylic oxidation sites excluding steroid dienone is 1. The normalized spacial score (nSPS) is 20.7. The second-order valence-corrected chi connectivity index (χ2v) is 10.9. The predicted octanol–water partition coefficient (Wildman–Crippen LogP) is 3.92. The molecule has 0 saturated carbocycles. The average Bonchev–Trinajstić information content (AvgIpc) is 3.10. The quantitative estimate of drug-likeness (QED) is 0.265. The van der Waals surface area contributed by atoms with Gasteiger partial charge in [0.2, 0.25) is 5.91 Å². The van der Waals surface area contributed by atoms with Crippen LogP contribution in [0.25, 0.3) is 0 Å². The molecule has 1 aliphatic heterocycles. The maximum Gasteiger partial charge on any atom is 0.323 e. The highest BCUT2D eigenvalue weighted by Gasteiger charge is 2.46. The first-order valence-corrected chi connectivity index (χ1v) is 12.1. The van der Waals surface area contributed by atoms with Gasteiger partial charge in [-0.3, -0.25) is 19.3 Å². The van der Waals surface area contributed by atoms with Crippen LogP contribution in [0.4, 0.5) is 0 Å². The van der Waals surface area contributed by atoms with Gasteiger partial charge in [0.1, 0.15) is 35.7 Å². The maximum atomic E-state index is 13.5. The number of nitrogens with one attached hydrogen (secondary N) is 1. The smallest absolute Gasteiger partial charge is 0.323 e. The highest BCUT2D eigenvalue weighted by atomic mass is 16.6. The van der Waals surface area contributed by atoms with E-state index in [9.17, 15) is 14.4 Å². The molecule has 1 N–H and O–H groups in total. The molecule has 198 valence electrons. The van der Waals surface area contributed by atoms with E-state index in [1.54, 1.807) is 26.8 Å². The van der Waals surface area contributed by atoms with E-state index in [-0.39, 0.29) is 24.9 Å². The van der Waals surface area contributed by atoms with Crippen molar-refractivity contribution in [3.63, 3.8) is 0 Å². The van der Waals surface area contributed by atoms with Gasteiger partial charge in [-0.05, 0) is 60.8 Å².